The number of hydrogen-bond donors (Lipinski definition) is 1. The third-order valence-electron chi connectivity index (χ3n) is 4.78. The minimum absolute atomic E-state index is 0.444. The van der Waals surface area contributed by atoms with Crippen molar-refractivity contribution >= 4 is 29.2 Å². The SMILES string of the molecule is [C-]#[N+]c1ccc2c(OCc3ccccc3)cc(N(CC=C)B(C)O)c(C)c2c1. The molecule has 0 saturated carbocycles. The lowest BCUT2D eigenvalue weighted by atomic mass is 9.83. The Morgan fingerprint density at radius 2 is 1.93 bits per heavy atom. The summed E-state index contributed by atoms with van der Waals surface area (Å²) >= 11 is 0. The molecule has 0 aliphatic rings. The maximum Gasteiger partial charge on any atom is 0.409 e. The van der Waals surface area contributed by atoms with Gasteiger partial charge < -0.3 is 14.6 Å². The quantitative estimate of drug-likeness (QED) is 0.345. The first kappa shape index (κ1) is 19.5. The minimum atomic E-state index is -0.680. The fraction of sp³-hybridized carbons (Fsp3) is 0.174. The van der Waals surface area contributed by atoms with Crippen LogP contribution in [0.15, 0.2) is 67.3 Å². The van der Waals surface area contributed by atoms with Gasteiger partial charge in [-0.15, -0.1) is 6.58 Å². The van der Waals surface area contributed by atoms with E-state index in [1.807, 2.05) is 60.3 Å². The normalized spacial score (nSPS) is 10.4. The molecule has 0 radical (unpaired) electrons. The van der Waals surface area contributed by atoms with Crippen molar-refractivity contribution in [3.8, 4) is 5.75 Å². The third-order valence-corrected chi connectivity index (χ3v) is 4.78. The van der Waals surface area contributed by atoms with E-state index in [0.29, 0.717) is 18.8 Å². The first-order valence-electron chi connectivity index (χ1n) is 9.22. The van der Waals surface area contributed by atoms with Crippen LogP contribution in [0.25, 0.3) is 15.6 Å². The van der Waals surface area contributed by atoms with E-state index in [1.54, 1.807) is 19.0 Å². The molecule has 0 atom stereocenters. The molecule has 3 aromatic carbocycles. The van der Waals surface area contributed by atoms with Gasteiger partial charge in [-0.1, -0.05) is 48.5 Å². The lowest BCUT2D eigenvalue weighted by molar-refractivity contribution is 0.310. The molecule has 0 aliphatic heterocycles. The molecule has 0 unspecified atom stereocenters. The second-order valence-electron chi connectivity index (χ2n) is 6.71. The fourth-order valence-electron chi connectivity index (χ4n) is 3.32. The van der Waals surface area contributed by atoms with Gasteiger partial charge in [0.15, 0.2) is 5.69 Å². The number of nitrogens with zero attached hydrogens (tertiary/aromatic N) is 2. The highest BCUT2D eigenvalue weighted by molar-refractivity contribution is 6.54. The molecule has 0 saturated heterocycles. The maximum absolute atomic E-state index is 10.3. The number of fused-ring (bicyclic) bond motifs is 1. The van der Waals surface area contributed by atoms with Crippen molar-refractivity contribution in [2.45, 2.75) is 20.4 Å². The molecule has 1 N–H and O–H groups in total. The van der Waals surface area contributed by atoms with Gasteiger partial charge in [-0.3, -0.25) is 0 Å². The summed E-state index contributed by atoms with van der Waals surface area (Å²) in [5.41, 5.74) is 3.52. The van der Waals surface area contributed by atoms with Gasteiger partial charge in [0, 0.05) is 23.7 Å². The number of benzene rings is 3. The largest absolute Gasteiger partial charge is 0.488 e. The zero-order valence-electron chi connectivity index (χ0n) is 16.2. The van der Waals surface area contributed by atoms with E-state index in [2.05, 4.69) is 11.4 Å². The molecule has 5 heteroatoms. The van der Waals surface area contributed by atoms with Crippen LogP contribution in [0.3, 0.4) is 0 Å². The average Bonchev–Trinajstić information content (AvgIpc) is 2.72. The topological polar surface area (TPSA) is 37.1 Å². The second-order valence-corrected chi connectivity index (χ2v) is 6.71. The molecule has 3 rings (SSSR count). The molecule has 0 spiro atoms. The summed E-state index contributed by atoms with van der Waals surface area (Å²) in [7, 11) is -0.680. The third kappa shape index (κ3) is 4.03. The highest BCUT2D eigenvalue weighted by Crippen LogP contribution is 2.38. The van der Waals surface area contributed by atoms with Crippen molar-refractivity contribution in [2.24, 2.45) is 0 Å². The lowest BCUT2D eigenvalue weighted by Gasteiger charge is -2.28. The summed E-state index contributed by atoms with van der Waals surface area (Å²) in [5, 5.41) is 12.2. The summed E-state index contributed by atoms with van der Waals surface area (Å²) in [6.07, 6.45) is 1.76. The van der Waals surface area contributed by atoms with Crippen LogP contribution >= 0.6 is 0 Å². The molecule has 0 aliphatic carbocycles. The van der Waals surface area contributed by atoms with E-state index in [4.69, 9.17) is 11.3 Å². The van der Waals surface area contributed by atoms with Gasteiger partial charge in [0.05, 0.1) is 6.57 Å². The first-order valence-corrected chi connectivity index (χ1v) is 9.22. The van der Waals surface area contributed by atoms with Gasteiger partial charge >= 0.3 is 7.05 Å². The summed E-state index contributed by atoms with van der Waals surface area (Å²) in [5.74, 6) is 0.727. The van der Waals surface area contributed by atoms with Crippen LogP contribution in [0.2, 0.25) is 6.82 Å². The van der Waals surface area contributed by atoms with Crippen molar-refractivity contribution in [1.82, 2.24) is 0 Å². The highest BCUT2D eigenvalue weighted by Gasteiger charge is 2.21. The van der Waals surface area contributed by atoms with Gasteiger partial charge in [-0.2, -0.15) is 0 Å². The molecule has 4 nitrogen and oxygen atoms in total. The van der Waals surface area contributed by atoms with E-state index in [9.17, 15) is 5.02 Å². The molecular formula is C23H23BN2O2. The van der Waals surface area contributed by atoms with Gasteiger partial charge in [-0.25, -0.2) is 4.85 Å². The molecule has 0 aromatic heterocycles. The van der Waals surface area contributed by atoms with Gasteiger partial charge in [0.1, 0.15) is 12.4 Å². The van der Waals surface area contributed by atoms with E-state index in [1.165, 1.54) is 0 Å². The molecule has 0 heterocycles. The Labute approximate surface area is 166 Å². The number of aryl methyl sites for hydroxylation is 1. The predicted octanol–water partition coefficient (Wildman–Crippen LogP) is 5.38. The Morgan fingerprint density at radius 3 is 2.57 bits per heavy atom. The number of rotatable bonds is 7. The van der Waals surface area contributed by atoms with Crippen molar-refractivity contribution in [2.75, 3.05) is 11.4 Å². The molecule has 0 bridgehead atoms. The Bertz CT molecular complexity index is 1030. The van der Waals surface area contributed by atoms with Gasteiger partial charge in [0.25, 0.3) is 0 Å². The fourth-order valence-corrected chi connectivity index (χ4v) is 3.32. The number of hydrogen-bond acceptors (Lipinski definition) is 3. The average molecular weight is 370 g/mol. The predicted molar refractivity (Wildman–Crippen MR) is 117 cm³/mol. The Hall–Kier alpha value is -3.23. The van der Waals surface area contributed by atoms with Crippen molar-refractivity contribution in [3.63, 3.8) is 0 Å². The van der Waals surface area contributed by atoms with Crippen LogP contribution in [0.4, 0.5) is 11.4 Å². The zero-order chi connectivity index (χ0) is 20.1. The molecule has 140 valence electrons. The van der Waals surface area contributed by atoms with E-state index >= 15 is 0 Å². The van der Waals surface area contributed by atoms with Gasteiger partial charge in [0.2, 0.25) is 0 Å². The Morgan fingerprint density at radius 1 is 1.18 bits per heavy atom. The Balaban J connectivity index is 2.13. The number of anilines is 1. The second kappa shape index (κ2) is 8.64. The first-order chi connectivity index (χ1) is 13.5. The van der Waals surface area contributed by atoms with Crippen LogP contribution in [0.1, 0.15) is 11.1 Å². The molecule has 28 heavy (non-hydrogen) atoms. The van der Waals surface area contributed by atoms with Crippen LogP contribution in [0, 0.1) is 13.5 Å². The maximum atomic E-state index is 10.3. The summed E-state index contributed by atoms with van der Waals surface area (Å²) in [6, 6.07) is 17.6. The van der Waals surface area contributed by atoms with Crippen molar-refractivity contribution in [3.05, 3.63) is 89.8 Å². The van der Waals surface area contributed by atoms with E-state index in [-0.39, 0.29) is 0 Å². The number of ether oxygens (including phenoxy) is 1. The summed E-state index contributed by atoms with van der Waals surface area (Å²) in [6.45, 7) is 15.8. The summed E-state index contributed by atoms with van der Waals surface area (Å²) < 4.78 is 6.17. The molecule has 3 aromatic rings. The zero-order valence-corrected chi connectivity index (χ0v) is 16.2. The van der Waals surface area contributed by atoms with Gasteiger partial charge in [-0.05, 0) is 36.3 Å². The van der Waals surface area contributed by atoms with Crippen LogP contribution in [0.5, 0.6) is 5.75 Å². The van der Waals surface area contributed by atoms with Crippen molar-refractivity contribution < 1.29 is 9.76 Å². The molecular weight excluding hydrogens is 347 g/mol. The highest BCUT2D eigenvalue weighted by atomic mass is 16.5. The molecule has 0 amide bonds. The van der Waals surface area contributed by atoms with Crippen LogP contribution in [-0.2, 0) is 6.61 Å². The van der Waals surface area contributed by atoms with E-state index < -0.39 is 7.05 Å². The van der Waals surface area contributed by atoms with Crippen LogP contribution in [-0.4, -0.2) is 18.6 Å². The van der Waals surface area contributed by atoms with Crippen LogP contribution < -0.4 is 9.55 Å². The minimum Gasteiger partial charge on any atom is -0.488 e. The Kier molecular flexibility index (Phi) is 6.03. The standard InChI is InChI=1S/C23H23BN2O2/c1-5-13-26(24(3)27)22-15-23(28-16-18-9-7-6-8-10-18)20-12-11-19(25-4)14-21(20)17(22)2/h5-12,14-15,27H,1,13,16H2,2-3H3. The van der Waals surface area contributed by atoms with E-state index in [0.717, 1.165) is 33.3 Å². The molecule has 0 fully saturated rings. The smallest absolute Gasteiger partial charge is 0.409 e. The lowest BCUT2D eigenvalue weighted by Crippen LogP contribution is -2.37. The monoisotopic (exact) mass is 370 g/mol. The van der Waals surface area contributed by atoms with Crippen molar-refractivity contribution in [1.29, 1.82) is 0 Å². The summed E-state index contributed by atoms with van der Waals surface area (Å²) in [4.78, 5) is 5.42.